The third-order valence-electron chi connectivity index (χ3n) is 2.58. The van der Waals surface area contributed by atoms with Crippen molar-refractivity contribution in [3.63, 3.8) is 0 Å². The van der Waals surface area contributed by atoms with E-state index in [1.54, 1.807) is 0 Å². The van der Waals surface area contributed by atoms with Crippen LogP contribution in [0.1, 0.15) is 5.56 Å². The topological polar surface area (TPSA) is 59.8 Å². The fourth-order valence-corrected chi connectivity index (χ4v) is 1.65. The second-order valence-corrected chi connectivity index (χ2v) is 3.88. The van der Waals surface area contributed by atoms with E-state index in [1.807, 2.05) is 19.2 Å². The minimum absolute atomic E-state index is 0.329. The minimum Gasteiger partial charge on any atom is -0.454 e. The number of likely N-dealkylation sites (N-methyl/N-ethyl adjacent to an activating group) is 1. The fraction of sp³-hybridized carbons (Fsp3) is 0.455. The van der Waals surface area contributed by atoms with Gasteiger partial charge in [0, 0.05) is 6.54 Å². The van der Waals surface area contributed by atoms with Gasteiger partial charge >= 0.3 is 0 Å². The van der Waals surface area contributed by atoms with Crippen LogP contribution >= 0.6 is 0 Å². The van der Waals surface area contributed by atoms with Crippen LogP contribution in [0.3, 0.4) is 0 Å². The van der Waals surface area contributed by atoms with Crippen LogP contribution < -0.4 is 20.7 Å². The molecule has 1 aromatic rings. The summed E-state index contributed by atoms with van der Waals surface area (Å²) in [4.78, 5) is 2.12. The standard InChI is InChI=1S/C11H17N3O2/c1-14(7-13-12)5-4-9-2-3-10-11(6-9)16-8-15-10/h2-3,6,13H,4-5,7-8,12H2,1H3. The lowest BCUT2D eigenvalue weighted by atomic mass is 10.1. The number of hydrogen-bond acceptors (Lipinski definition) is 5. The van der Waals surface area contributed by atoms with E-state index in [1.165, 1.54) is 5.56 Å². The molecule has 1 aliphatic heterocycles. The summed E-state index contributed by atoms with van der Waals surface area (Å²) in [6.07, 6.45) is 0.967. The number of nitrogens with two attached hydrogens (primary N) is 1. The van der Waals surface area contributed by atoms with Crippen molar-refractivity contribution in [2.24, 2.45) is 5.84 Å². The maximum absolute atomic E-state index is 5.33. The SMILES string of the molecule is CN(CCc1ccc2c(c1)OCO2)CNN. The van der Waals surface area contributed by atoms with Crippen LogP contribution in [0.4, 0.5) is 0 Å². The van der Waals surface area contributed by atoms with E-state index in [0.29, 0.717) is 13.5 Å². The van der Waals surface area contributed by atoms with Gasteiger partial charge in [-0.3, -0.25) is 10.7 Å². The number of nitrogens with one attached hydrogen (secondary N) is 1. The number of benzene rings is 1. The smallest absolute Gasteiger partial charge is 0.231 e. The van der Waals surface area contributed by atoms with Gasteiger partial charge in [-0.15, -0.1) is 0 Å². The Kier molecular flexibility index (Phi) is 3.61. The molecule has 0 atom stereocenters. The highest BCUT2D eigenvalue weighted by molar-refractivity contribution is 5.44. The maximum Gasteiger partial charge on any atom is 0.231 e. The Labute approximate surface area is 95.1 Å². The summed E-state index contributed by atoms with van der Waals surface area (Å²) in [5.74, 6) is 6.92. The molecule has 0 aliphatic carbocycles. The zero-order valence-electron chi connectivity index (χ0n) is 9.40. The van der Waals surface area contributed by atoms with Crippen molar-refractivity contribution >= 4 is 0 Å². The molecule has 0 fully saturated rings. The van der Waals surface area contributed by atoms with Gasteiger partial charge in [-0.25, -0.2) is 5.43 Å². The van der Waals surface area contributed by atoms with Crippen LogP contribution in [0, 0.1) is 0 Å². The zero-order valence-corrected chi connectivity index (χ0v) is 9.40. The van der Waals surface area contributed by atoms with Gasteiger partial charge in [0.2, 0.25) is 6.79 Å². The van der Waals surface area contributed by atoms with E-state index in [0.717, 1.165) is 24.5 Å². The van der Waals surface area contributed by atoms with Crippen LogP contribution in [0.25, 0.3) is 0 Å². The third kappa shape index (κ3) is 2.63. The Morgan fingerprint density at radius 2 is 2.19 bits per heavy atom. The van der Waals surface area contributed by atoms with Crippen molar-refractivity contribution in [1.29, 1.82) is 0 Å². The Morgan fingerprint density at radius 3 is 3.00 bits per heavy atom. The predicted molar refractivity (Wildman–Crippen MR) is 61.1 cm³/mol. The summed E-state index contributed by atoms with van der Waals surface area (Å²) in [6, 6.07) is 6.06. The quantitative estimate of drug-likeness (QED) is 0.427. The molecule has 0 bridgehead atoms. The zero-order chi connectivity index (χ0) is 11.4. The van der Waals surface area contributed by atoms with E-state index in [2.05, 4.69) is 16.4 Å². The Bertz CT molecular complexity index is 357. The number of nitrogens with zero attached hydrogens (tertiary/aromatic N) is 1. The van der Waals surface area contributed by atoms with Gasteiger partial charge in [0.1, 0.15) is 0 Å². The first kappa shape index (κ1) is 11.2. The van der Waals surface area contributed by atoms with Gasteiger partial charge in [-0.2, -0.15) is 0 Å². The highest BCUT2D eigenvalue weighted by Gasteiger charge is 2.12. The average Bonchev–Trinajstić information content (AvgIpc) is 2.74. The van der Waals surface area contributed by atoms with Gasteiger partial charge < -0.3 is 9.47 Å². The minimum atomic E-state index is 0.329. The van der Waals surface area contributed by atoms with Gasteiger partial charge in [0.15, 0.2) is 11.5 Å². The number of ether oxygens (including phenoxy) is 2. The van der Waals surface area contributed by atoms with Gasteiger partial charge in [0.05, 0.1) is 6.67 Å². The molecule has 1 heterocycles. The second-order valence-electron chi connectivity index (χ2n) is 3.88. The third-order valence-corrected chi connectivity index (χ3v) is 2.58. The van der Waals surface area contributed by atoms with Crippen LogP contribution in [-0.4, -0.2) is 32.0 Å². The number of hydrazine groups is 1. The summed E-state index contributed by atoms with van der Waals surface area (Å²) in [5.41, 5.74) is 3.87. The molecular formula is C11H17N3O2. The first-order chi connectivity index (χ1) is 7.79. The summed E-state index contributed by atoms with van der Waals surface area (Å²) in [6.45, 7) is 1.96. The molecule has 88 valence electrons. The highest BCUT2D eigenvalue weighted by Crippen LogP contribution is 2.32. The van der Waals surface area contributed by atoms with Crippen molar-refractivity contribution < 1.29 is 9.47 Å². The molecule has 0 spiro atoms. The molecule has 0 saturated carbocycles. The van der Waals surface area contributed by atoms with Crippen LogP contribution in [0.15, 0.2) is 18.2 Å². The second kappa shape index (κ2) is 5.16. The fourth-order valence-electron chi connectivity index (χ4n) is 1.65. The molecule has 2 rings (SSSR count). The lowest BCUT2D eigenvalue weighted by Gasteiger charge is -2.15. The molecular weight excluding hydrogens is 206 g/mol. The monoisotopic (exact) mass is 223 g/mol. The predicted octanol–water partition coefficient (Wildman–Crippen LogP) is 0.310. The molecule has 5 nitrogen and oxygen atoms in total. The molecule has 1 aliphatic rings. The number of hydrogen-bond donors (Lipinski definition) is 2. The van der Waals surface area contributed by atoms with Crippen molar-refractivity contribution in [2.75, 3.05) is 27.1 Å². The summed E-state index contributed by atoms with van der Waals surface area (Å²) >= 11 is 0. The lowest BCUT2D eigenvalue weighted by Crippen LogP contribution is -2.36. The van der Waals surface area contributed by atoms with Crippen LogP contribution in [-0.2, 0) is 6.42 Å². The van der Waals surface area contributed by atoms with E-state index < -0.39 is 0 Å². The van der Waals surface area contributed by atoms with Gasteiger partial charge in [-0.1, -0.05) is 6.07 Å². The van der Waals surface area contributed by atoms with Crippen molar-refractivity contribution in [2.45, 2.75) is 6.42 Å². The Balaban J connectivity index is 1.90. The molecule has 0 aromatic heterocycles. The maximum atomic E-state index is 5.33. The van der Waals surface area contributed by atoms with E-state index in [9.17, 15) is 0 Å². The molecule has 0 unspecified atom stereocenters. The van der Waals surface area contributed by atoms with Crippen molar-refractivity contribution in [1.82, 2.24) is 10.3 Å². The van der Waals surface area contributed by atoms with E-state index in [4.69, 9.17) is 15.3 Å². The molecule has 5 heteroatoms. The summed E-state index contributed by atoms with van der Waals surface area (Å²) in [7, 11) is 2.02. The normalized spacial score (nSPS) is 13.4. The summed E-state index contributed by atoms with van der Waals surface area (Å²) < 4.78 is 10.6. The highest BCUT2D eigenvalue weighted by atomic mass is 16.7. The molecule has 3 N–H and O–H groups in total. The first-order valence-corrected chi connectivity index (χ1v) is 5.30. The lowest BCUT2D eigenvalue weighted by molar-refractivity contribution is 0.174. The molecule has 0 radical (unpaired) electrons. The number of rotatable bonds is 5. The molecule has 16 heavy (non-hydrogen) atoms. The first-order valence-electron chi connectivity index (χ1n) is 5.30. The van der Waals surface area contributed by atoms with E-state index >= 15 is 0 Å². The Hall–Kier alpha value is -1.30. The van der Waals surface area contributed by atoms with Crippen molar-refractivity contribution in [3.05, 3.63) is 23.8 Å². The van der Waals surface area contributed by atoms with Gasteiger partial charge in [-0.05, 0) is 31.2 Å². The van der Waals surface area contributed by atoms with E-state index in [-0.39, 0.29) is 0 Å². The largest absolute Gasteiger partial charge is 0.454 e. The Morgan fingerprint density at radius 1 is 1.38 bits per heavy atom. The van der Waals surface area contributed by atoms with Crippen molar-refractivity contribution in [3.8, 4) is 11.5 Å². The molecule has 0 amide bonds. The average molecular weight is 223 g/mol. The van der Waals surface area contributed by atoms with Gasteiger partial charge in [0.25, 0.3) is 0 Å². The summed E-state index contributed by atoms with van der Waals surface area (Å²) in [5, 5.41) is 0. The van der Waals surface area contributed by atoms with Crippen LogP contribution in [0.2, 0.25) is 0 Å². The molecule has 1 aromatic carbocycles. The van der Waals surface area contributed by atoms with Crippen LogP contribution in [0.5, 0.6) is 11.5 Å². The molecule has 0 saturated heterocycles. The number of fused-ring (bicyclic) bond motifs is 1.